The topological polar surface area (TPSA) is 143 Å². The van der Waals surface area contributed by atoms with E-state index in [1.165, 1.54) is 10.9 Å². The molecule has 3 rings (SSSR count). The third-order valence-electron chi connectivity index (χ3n) is 5.16. The molecule has 1 saturated heterocycles. The van der Waals surface area contributed by atoms with Gasteiger partial charge < -0.3 is 30.7 Å². The first-order valence-corrected chi connectivity index (χ1v) is 11.0. The van der Waals surface area contributed by atoms with E-state index in [0.29, 0.717) is 15.9 Å². The van der Waals surface area contributed by atoms with Gasteiger partial charge in [-0.15, -0.1) is 0 Å². The lowest BCUT2D eigenvalue weighted by Crippen LogP contribution is -2.33. The maximum Gasteiger partial charge on any atom is 0.181 e. The van der Waals surface area contributed by atoms with Gasteiger partial charge in [0.1, 0.15) is 30.4 Å². The van der Waals surface area contributed by atoms with E-state index >= 15 is 0 Å². The van der Waals surface area contributed by atoms with Crippen molar-refractivity contribution in [2.45, 2.75) is 64.1 Å². The Bertz CT molecular complexity index is 883. The van der Waals surface area contributed by atoms with Gasteiger partial charge in [0.15, 0.2) is 27.9 Å². The van der Waals surface area contributed by atoms with Crippen molar-refractivity contribution in [2.75, 3.05) is 18.8 Å². The average Bonchev–Trinajstić information content (AvgIpc) is 3.21. The van der Waals surface area contributed by atoms with Gasteiger partial charge in [-0.05, 0) is 28.8 Å². The van der Waals surface area contributed by atoms with Crippen molar-refractivity contribution in [3.8, 4) is 0 Å². The highest BCUT2D eigenvalue weighted by Crippen LogP contribution is 2.36. The molecule has 0 amide bonds. The van der Waals surface area contributed by atoms with Gasteiger partial charge in [-0.3, -0.25) is 4.57 Å². The summed E-state index contributed by atoms with van der Waals surface area (Å²) in [5, 5.41) is 31.9. The first-order chi connectivity index (χ1) is 14.4. The Morgan fingerprint density at radius 2 is 1.90 bits per heavy atom. The summed E-state index contributed by atoms with van der Waals surface area (Å²) >= 11 is 3.33. The first-order valence-electron chi connectivity index (χ1n) is 10.2. The summed E-state index contributed by atoms with van der Waals surface area (Å²) in [6, 6.07) is 0. The predicted molar refractivity (Wildman–Crippen MR) is 115 cm³/mol. The number of hydrogen-bond donors (Lipinski definition) is 4. The number of imidazole rings is 1. The fourth-order valence-corrected chi connectivity index (χ4v) is 4.01. The highest BCUT2D eigenvalue weighted by atomic mass is 79.9. The van der Waals surface area contributed by atoms with Crippen LogP contribution in [0.3, 0.4) is 0 Å². The third kappa shape index (κ3) is 4.53. The molecule has 1 aliphatic rings. The molecule has 2 aromatic heterocycles. The van der Waals surface area contributed by atoms with Crippen molar-refractivity contribution in [3.63, 3.8) is 0 Å². The Kier molecular flexibility index (Phi) is 7.50. The van der Waals surface area contributed by atoms with Crippen LogP contribution in [0.5, 0.6) is 0 Å². The SMILES string of the molecule is CCCCN(C=C(O)[C@H]1O[C@@H](n2c(Br)nc3c(N)ncnc32)[C@H](O)[C@@H]1O)CCCC. The lowest BCUT2D eigenvalue weighted by atomic mass is 10.1. The number of nitrogens with two attached hydrogens (primary N) is 1. The van der Waals surface area contributed by atoms with Gasteiger partial charge >= 0.3 is 0 Å². The van der Waals surface area contributed by atoms with Crippen LogP contribution in [0.4, 0.5) is 5.82 Å². The Morgan fingerprint density at radius 1 is 1.23 bits per heavy atom. The number of ether oxygens (including phenoxy) is 1. The van der Waals surface area contributed by atoms with Gasteiger partial charge in [-0.25, -0.2) is 15.0 Å². The molecule has 0 saturated carbocycles. The average molecular weight is 485 g/mol. The molecule has 0 bridgehead atoms. The van der Waals surface area contributed by atoms with E-state index in [0.717, 1.165) is 38.8 Å². The van der Waals surface area contributed by atoms with Crippen molar-refractivity contribution in [3.05, 3.63) is 23.0 Å². The summed E-state index contributed by atoms with van der Waals surface area (Å²) in [6.07, 6.45) is 2.20. The second kappa shape index (κ2) is 9.90. The lowest BCUT2D eigenvalue weighted by Gasteiger charge is -2.22. The fraction of sp³-hybridized carbons (Fsp3) is 0.632. The molecule has 30 heavy (non-hydrogen) atoms. The Hall–Kier alpha value is -1.95. The first kappa shape index (κ1) is 22.7. The van der Waals surface area contributed by atoms with Gasteiger partial charge in [0.25, 0.3) is 0 Å². The number of halogens is 1. The van der Waals surface area contributed by atoms with E-state index < -0.39 is 24.5 Å². The molecule has 1 aliphatic heterocycles. The number of unbranched alkanes of at least 4 members (excludes halogenated alkanes) is 2. The minimum Gasteiger partial charge on any atom is -0.508 e. The normalized spacial score (nSPS) is 24.6. The zero-order valence-corrected chi connectivity index (χ0v) is 18.7. The maximum absolute atomic E-state index is 10.7. The number of rotatable bonds is 9. The smallest absolute Gasteiger partial charge is 0.181 e. The molecule has 0 aliphatic carbocycles. The third-order valence-corrected chi connectivity index (χ3v) is 5.72. The van der Waals surface area contributed by atoms with Crippen molar-refractivity contribution in [1.29, 1.82) is 0 Å². The van der Waals surface area contributed by atoms with E-state index in [1.54, 1.807) is 6.20 Å². The van der Waals surface area contributed by atoms with Crippen LogP contribution in [-0.4, -0.2) is 71.1 Å². The maximum atomic E-state index is 10.7. The van der Waals surface area contributed by atoms with Crippen molar-refractivity contribution in [1.82, 2.24) is 24.4 Å². The number of hydrogen-bond acceptors (Lipinski definition) is 9. The number of nitrogen functional groups attached to an aromatic ring is 1. The molecule has 0 unspecified atom stereocenters. The van der Waals surface area contributed by atoms with Crippen LogP contribution in [0.1, 0.15) is 45.8 Å². The molecular formula is C19H29BrN6O4. The monoisotopic (exact) mass is 484 g/mol. The van der Waals surface area contributed by atoms with E-state index in [2.05, 4.69) is 44.7 Å². The van der Waals surface area contributed by atoms with Gasteiger partial charge in [-0.1, -0.05) is 26.7 Å². The highest BCUT2D eigenvalue weighted by molar-refractivity contribution is 9.10. The van der Waals surface area contributed by atoms with Crippen LogP contribution in [-0.2, 0) is 4.74 Å². The number of aromatic nitrogens is 4. The minimum atomic E-state index is -1.33. The minimum absolute atomic E-state index is 0.133. The van der Waals surface area contributed by atoms with Crippen molar-refractivity contribution >= 4 is 32.9 Å². The highest BCUT2D eigenvalue weighted by Gasteiger charge is 2.47. The second-order valence-corrected chi connectivity index (χ2v) is 8.12. The number of fused-ring (bicyclic) bond motifs is 1. The predicted octanol–water partition coefficient (Wildman–Crippen LogP) is 2.09. The van der Waals surface area contributed by atoms with Crippen LogP contribution in [0.2, 0.25) is 0 Å². The molecular weight excluding hydrogens is 456 g/mol. The molecule has 166 valence electrons. The van der Waals surface area contributed by atoms with Crippen LogP contribution in [0.25, 0.3) is 11.2 Å². The van der Waals surface area contributed by atoms with Gasteiger partial charge in [0.2, 0.25) is 0 Å². The molecule has 2 aromatic rings. The second-order valence-electron chi connectivity index (χ2n) is 7.41. The fourth-order valence-electron chi connectivity index (χ4n) is 3.47. The summed E-state index contributed by atoms with van der Waals surface area (Å²) in [7, 11) is 0. The molecule has 10 nitrogen and oxygen atoms in total. The molecule has 11 heteroatoms. The largest absolute Gasteiger partial charge is 0.508 e. The Labute approximate surface area is 183 Å². The van der Waals surface area contributed by atoms with E-state index in [-0.39, 0.29) is 11.6 Å². The molecule has 3 heterocycles. The van der Waals surface area contributed by atoms with E-state index in [4.69, 9.17) is 10.5 Å². The summed E-state index contributed by atoms with van der Waals surface area (Å²) in [6.45, 7) is 5.80. The van der Waals surface area contributed by atoms with Gasteiger partial charge in [-0.2, -0.15) is 0 Å². The summed E-state index contributed by atoms with van der Waals surface area (Å²) in [4.78, 5) is 14.4. The van der Waals surface area contributed by atoms with Crippen LogP contribution in [0.15, 0.2) is 23.0 Å². The van der Waals surface area contributed by atoms with E-state index in [1.807, 2.05) is 4.90 Å². The quantitative estimate of drug-likeness (QED) is 0.310. The Morgan fingerprint density at radius 3 is 2.53 bits per heavy atom. The number of anilines is 1. The summed E-state index contributed by atoms with van der Waals surface area (Å²) in [5.41, 5.74) is 6.55. The van der Waals surface area contributed by atoms with Gasteiger partial charge in [0.05, 0.1) is 0 Å². The zero-order chi connectivity index (χ0) is 21.8. The summed E-state index contributed by atoms with van der Waals surface area (Å²) in [5.74, 6) is 0.0557. The van der Waals surface area contributed by atoms with Crippen molar-refractivity contribution in [2.24, 2.45) is 0 Å². The standard InChI is InChI=1S/C19H29BrN6O4/c1-3-5-7-25(8-6-4-2)9-11(27)15-13(28)14(29)18(30-15)26-17-12(24-19(26)20)16(21)22-10-23-17/h9-10,13-15,18,27-29H,3-8H2,1-2H3,(H2,21,22,23)/t13-,14+,15+,18+/m0/s1. The molecule has 0 spiro atoms. The molecule has 4 atom stereocenters. The molecule has 1 fully saturated rings. The van der Waals surface area contributed by atoms with Gasteiger partial charge in [0, 0.05) is 19.3 Å². The van der Waals surface area contributed by atoms with Crippen LogP contribution < -0.4 is 5.73 Å². The Balaban J connectivity index is 1.86. The number of aliphatic hydroxyl groups is 3. The van der Waals surface area contributed by atoms with Crippen LogP contribution >= 0.6 is 15.9 Å². The summed E-state index contributed by atoms with van der Waals surface area (Å²) < 4.78 is 7.68. The molecule has 5 N–H and O–H groups in total. The van der Waals surface area contributed by atoms with E-state index in [9.17, 15) is 15.3 Å². The molecule has 0 radical (unpaired) electrons. The zero-order valence-electron chi connectivity index (χ0n) is 17.1. The van der Waals surface area contributed by atoms with Crippen LogP contribution in [0, 0.1) is 0 Å². The lowest BCUT2D eigenvalue weighted by molar-refractivity contribution is -0.0360. The molecule has 0 aromatic carbocycles. The number of nitrogens with zero attached hydrogens (tertiary/aromatic N) is 5. The van der Waals surface area contributed by atoms with Crippen molar-refractivity contribution < 1.29 is 20.1 Å². The number of aliphatic hydroxyl groups excluding tert-OH is 3.